The molecule has 0 atom stereocenters. The van der Waals surface area contributed by atoms with Gasteiger partial charge in [0.05, 0.1) is 22.2 Å². The molecule has 2 aromatic carbocycles. The average molecular weight is 295 g/mol. The Kier molecular flexibility index (Phi) is 4.46. The molecule has 0 unspecified atom stereocenters. The number of carbonyl (C=O) groups excluding carboxylic acids is 1. The van der Waals surface area contributed by atoms with Crippen molar-refractivity contribution >= 4 is 29.0 Å². The van der Waals surface area contributed by atoms with Crippen molar-refractivity contribution in [2.75, 3.05) is 6.61 Å². The molecule has 2 aromatic rings. The molecule has 0 fully saturated rings. The van der Waals surface area contributed by atoms with Crippen molar-refractivity contribution in [1.82, 2.24) is 0 Å². The van der Waals surface area contributed by atoms with E-state index in [0.29, 0.717) is 27.8 Å². The summed E-state index contributed by atoms with van der Waals surface area (Å²) in [6, 6.07) is 11.9. The SMILES string of the molecule is CCOc1ccc(C(=O)c2c(Cl)cccc2Cl)cc1. The molecule has 19 heavy (non-hydrogen) atoms. The first-order valence-electron chi connectivity index (χ1n) is 5.85. The van der Waals surface area contributed by atoms with Crippen LogP contribution < -0.4 is 4.74 Å². The first-order chi connectivity index (χ1) is 9.13. The Hall–Kier alpha value is -1.51. The first kappa shape index (κ1) is 13.9. The highest BCUT2D eigenvalue weighted by Crippen LogP contribution is 2.27. The summed E-state index contributed by atoms with van der Waals surface area (Å²) in [5.41, 5.74) is 0.855. The van der Waals surface area contributed by atoms with E-state index in [4.69, 9.17) is 27.9 Å². The van der Waals surface area contributed by atoms with Crippen LogP contribution in [0.5, 0.6) is 5.75 Å². The molecule has 4 heteroatoms. The number of hydrogen-bond acceptors (Lipinski definition) is 2. The Balaban J connectivity index is 2.34. The fourth-order valence-electron chi connectivity index (χ4n) is 1.73. The molecule has 0 N–H and O–H groups in total. The van der Waals surface area contributed by atoms with Crippen molar-refractivity contribution < 1.29 is 9.53 Å². The van der Waals surface area contributed by atoms with Gasteiger partial charge in [-0.05, 0) is 43.3 Å². The largest absolute Gasteiger partial charge is 0.494 e. The van der Waals surface area contributed by atoms with E-state index in [1.54, 1.807) is 42.5 Å². The summed E-state index contributed by atoms with van der Waals surface area (Å²) in [6.45, 7) is 2.49. The Bertz CT molecular complexity index is 571. The zero-order chi connectivity index (χ0) is 13.8. The van der Waals surface area contributed by atoms with Gasteiger partial charge < -0.3 is 4.74 Å². The van der Waals surface area contributed by atoms with Gasteiger partial charge in [0.15, 0.2) is 5.78 Å². The number of rotatable bonds is 4. The third kappa shape index (κ3) is 3.09. The zero-order valence-electron chi connectivity index (χ0n) is 10.3. The number of carbonyl (C=O) groups is 1. The van der Waals surface area contributed by atoms with Crippen molar-refractivity contribution in [1.29, 1.82) is 0 Å². The summed E-state index contributed by atoms with van der Waals surface area (Å²) in [6.07, 6.45) is 0. The highest BCUT2D eigenvalue weighted by Gasteiger charge is 2.16. The van der Waals surface area contributed by atoms with Gasteiger partial charge in [0.2, 0.25) is 0 Å². The van der Waals surface area contributed by atoms with E-state index in [0.717, 1.165) is 5.75 Å². The maximum absolute atomic E-state index is 12.3. The standard InChI is InChI=1S/C15H12Cl2O2/c1-2-19-11-8-6-10(7-9-11)15(18)14-12(16)4-3-5-13(14)17/h3-9H,2H2,1H3. The Morgan fingerprint density at radius 2 is 1.63 bits per heavy atom. The van der Waals surface area contributed by atoms with E-state index in [1.807, 2.05) is 6.92 Å². The van der Waals surface area contributed by atoms with Crippen molar-refractivity contribution in [3.8, 4) is 5.75 Å². The van der Waals surface area contributed by atoms with Crippen LogP contribution in [0.15, 0.2) is 42.5 Å². The summed E-state index contributed by atoms with van der Waals surface area (Å²) in [5, 5.41) is 0.706. The Morgan fingerprint density at radius 1 is 1.05 bits per heavy atom. The van der Waals surface area contributed by atoms with Crippen LogP contribution in [0.3, 0.4) is 0 Å². The molecule has 0 aromatic heterocycles. The topological polar surface area (TPSA) is 26.3 Å². The lowest BCUT2D eigenvalue weighted by molar-refractivity contribution is 0.103. The molecule has 0 saturated heterocycles. The van der Waals surface area contributed by atoms with Crippen molar-refractivity contribution in [3.63, 3.8) is 0 Å². The van der Waals surface area contributed by atoms with Crippen LogP contribution >= 0.6 is 23.2 Å². The van der Waals surface area contributed by atoms with Crippen molar-refractivity contribution in [3.05, 3.63) is 63.6 Å². The Labute approximate surface area is 121 Å². The van der Waals surface area contributed by atoms with Gasteiger partial charge in [-0.25, -0.2) is 0 Å². The van der Waals surface area contributed by atoms with Crippen LogP contribution in [-0.4, -0.2) is 12.4 Å². The smallest absolute Gasteiger partial charge is 0.196 e. The maximum atomic E-state index is 12.3. The molecule has 0 amide bonds. The lowest BCUT2D eigenvalue weighted by Crippen LogP contribution is -2.03. The van der Waals surface area contributed by atoms with Crippen LogP contribution in [-0.2, 0) is 0 Å². The predicted octanol–water partition coefficient (Wildman–Crippen LogP) is 4.62. The predicted molar refractivity (Wildman–Crippen MR) is 77.5 cm³/mol. The van der Waals surface area contributed by atoms with E-state index < -0.39 is 0 Å². The average Bonchev–Trinajstić information content (AvgIpc) is 2.39. The fourth-order valence-corrected chi connectivity index (χ4v) is 2.30. The second-order valence-electron chi connectivity index (χ2n) is 3.88. The van der Waals surface area contributed by atoms with Gasteiger partial charge in [0.1, 0.15) is 5.75 Å². The molecule has 98 valence electrons. The lowest BCUT2D eigenvalue weighted by Gasteiger charge is -2.07. The number of hydrogen-bond donors (Lipinski definition) is 0. The van der Waals surface area contributed by atoms with Gasteiger partial charge in [-0.2, -0.15) is 0 Å². The molecule has 0 aliphatic heterocycles. The quantitative estimate of drug-likeness (QED) is 0.769. The molecule has 0 radical (unpaired) electrons. The van der Waals surface area contributed by atoms with Gasteiger partial charge in [0, 0.05) is 5.56 Å². The Morgan fingerprint density at radius 3 is 2.16 bits per heavy atom. The van der Waals surface area contributed by atoms with E-state index in [2.05, 4.69) is 0 Å². The molecule has 2 rings (SSSR count). The van der Waals surface area contributed by atoms with E-state index >= 15 is 0 Å². The molecule has 0 bridgehead atoms. The number of halogens is 2. The van der Waals surface area contributed by atoms with Crippen LogP contribution in [0.4, 0.5) is 0 Å². The third-order valence-electron chi connectivity index (χ3n) is 2.62. The van der Waals surface area contributed by atoms with Gasteiger partial charge in [0.25, 0.3) is 0 Å². The molecular weight excluding hydrogens is 283 g/mol. The van der Waals surface area contributed by atoms with Gasteiger partial charge in [-0.3, -0.25) is 4.79 Å². The molecule has 0 aliphatic carbocycles. The highest BCUT2D eigenvalue weighted by molar-refractivity contribution is 6.41. The first-order valence-corrected chi connectivity index (χ1v) is 6.60. The van der Waals surface area contributed by atoms with Gasteiger partial charge in [-0.1, -0.05) is 29.3 Å². The minimum atomic E-state index is -0.196. The normalized spacial score (nSPS) is 10.3. The second kappa shape index (κ2) is 6.09. The molecule has 0 heterocycles. The lowest BCUT2D eigenvalue weighted by atomic mass is 10.0. The zero-order valence-corrected chi connectivity index (χ0v) is 11.8. The molecule has 0 saturated carbocycles. The maximum Gasteiger partial charge on any atom is 0.196 e. The van der Waals surface area contributed by atoms with Crippen molar-refractivity contribution in [2.45, 2.75) is 6.92 Å². The minimum Gasteiger partial charge on any atom is -0.494 e. The number of benzene rings is 2. The molecule has 2 nitrogen and oxygen atoms in total. The summed E-state index contributed by atoms with van der Waals surface area (Å²) in [5.74, 6) is 0.531. The van der Waals surface area contributed by atoms with E-state index in [1.165, 1.54) is 0 Å². The van der Waals surface area contributed by atoms with Gasteiger partial charge in [-0.15, -0.1) is 0 Å². The molecular formula is C15H12Cl2O2. The number of ketones is 1. The van der Waals surface area contributed by atoms with Crippen LogP contribution in [0.1, 0.15) is 22.8 Å². The summed E-state index contributed by atoms with van der Waals surface area (Å²) < 4.78 is 5.33. The summed E-state index contributed by atoms with van der Waals surface area (Å²) >= 11 is 12.1. The fraction of sp³-hybridized carbons (Fsp3) is 0.133. The van der Waals surface area contributed by atoms with Crippen LogP contribution in [0.2, 0.25) is 10.0 Å². The monoisotopic (exact) mass is 294 g/mol. The van der Waals surface area contributed by atoms with Gasteiger partial charge >= 0.3 is 0 Å². The van der Waals surface area contributed by atoms with E-state index in [9.17, 15) is 4.79 Å². The second-order valence-corrected chi connectivity index (χ2v) is 4.70. The van der Waals surface area contributed by atoms with Crippen LogP contribution in [0.25, 0.3) is 0 Å². The molecule has 0 spiro atoms. The summed E-state index contributed by atoms with van der Waals surface area (Å²) in [7, 11) is 0. The number of ether oxygens (including phenoxy) is 1. The van der Waals surface area contributed by atoms with Crippen LogP contribution in [0, 0.1) is 0 Å². The highest BCUT2D eigenvalue weighted by atomic mass is 35.5. The van der Waals surface area contributed by atoms with E-state index in [-0.39, 0.29) is 5.78 Å². The minimum absolute atomic E-state index is 0.196. The van der Waals surface area contributed by atoms with Crippen molar-refractivity contribution in [2.24, 2.45) is 0 Å². The summed E-state index contributed by atoms with van der Waals surface area (Å²) in [4.78, 5) is 12.3. The third-order valence-corrected chi connectivity index (χ3v) is 3.25. The molecule has 0 aliphatic rings.